The van der Waals surface area contributed by atoms with Crippen molar-refractivity contribution in [2.45, 2.75) is 24.3 Å². The van der Waals surface area contributed by atoms with E-state index in [9.17, 15) is 8.42 Å². The van der Waals surface area contributed by atoms with Gasteiger partial charge in [-0.05, 0) is 43.2 Å². The maximum Gasteiger partial charge on any atom is 0.240 e. The molecular formula is C15H19N3O2S. The van der Waals surface area contributed by atoms with Crippen LogP contribution in [-0.2, 0) is 16.4 Å². The number of anilines is 1. The monoisotopic (exact) mass is 305 g/mol. The summed E-state index contributed by atoms with van der Waals surface area (Å²) in [6.45, 7) is 1.85. The van der Waals surface area contributed by atoms with Gasteiger partial charge in [0.05, 0.1) is 4.90 Å². The Kier molecular flexibility index (Phi) is 4.95. The predicted molar refractivity (Wildman–Crippen MR) is 84.2 cm³/mol. The van der Waals surface area contributed by atoms with Crippen LogP contribution in [0.1, 0.15) is 12.5 Å². The Morgan fingerprint density at radius 1 is 1.05 bits per heavy atom. The SMILES string of the molecule is CC(Cc1ccccc1)NS(=O)(=O)c1ccc(NN)cc1. The third-order valence-corrected chi connectivity index (χ3v) is 4.68. The van der Waals surface area contributed by atoms with E-state index in [-0.39, 0.29) is 10.9 Å². The van der Waals surface area contributed by atoms with Crippen molar-refractivity contribution in [2.24, 2.45) is 5.84 Å². The van der Waals surface area contributed by atoms with Gasteiger partial charge in [0.15, 0.2) is 0 Å². The van der Waals surface area contributed by atoms with Crippen molar-refractivity contribution in [1.29, 1.82) is 0 Å². The fraction of sp³-hybridized carbons (Fsp3) is 0.200. The number of rotatable bonds is 6. The maximum atomic E-state index is 12.3. The molecule has 0 spiro atoms. The second-order valence-corrected chi connectivity index (χ2v) is 6.59. The van der Waals surface area contributed by atoms with Crippen LogP contribution in [0.5, 0.6) is 0 Å². The van der Waals surface area contributed by atoms with Gasteiger partial charge in [0.2, 0.25) is 10.0 Å². The summed E-state index contributed by atoms with van der Waals surface area (Å²) in [4.78, 5) is 0.224. The van der Waals surface area contributed by atoms with Crippen LogP contribution in [0.4, 0.5) is 5.69 Å². The molecule has 0 fully saturated rings. The van der Waals surface area contributed by atoms with Crippen LogP contribution in [-0.4, -0.2) is 14.5 Å². The molecule has 4 N–H and O–H groups in total. The van der Waals surface area contributed by atoms with Gasteiger partial charge < -0.3 is 5.43 Å². The van der Waals surface area contributed by atoms with Gasteiger partial charge in [0.1, 0.15) is 0 Å². The second-order valence-electron chi connectivity index (χ2n) is 4.88. The van der Waals surface area contributed by atoms with E-state index in [0.717, 1.165) is 5.56 Å². The molecule has 0 bridgehead atoms. The molecule has 112 valence electrons. The standard InChI is InChI=1S/C15H19N3O2S/c1-12(11-13-5-3-2-4-6-13)18-21(19,20)15-9-7-14(17-16)8-10-15/h2-10,12,17-18H,11,16H2,1H3. The summed E-state index contributed by atoms with van der Waals surface area (Å²) in [6, 6.07) is 15.9. The molecule has 21 heavy (non-hydrogen) atoms. The lowest BCUT2D eigenvalue weighted by Crippen LogP contribution is -2.34. The fourth-order valence-corrected chi connectivity index (χ4v) is 3.32. The van der Waals surface area contributed by atoms with Crippen LogP contribution in [0.2, 0.25) is 0 Å². The van der Waals surface area contributed by atoms with E-state index in [1.807, 2.05) is 37.3 Å². The average Bonchev–Trinajstić information content (AvgIpc) is 2.47. The van der Waals surface area contributed by atoms with Crippen molar-refractivity contribution in [3.63, 3.8) is 0 Å². The summed E-state index contributed by atoms with van der Waals surface area (Å²) in [5.74, 6) is 5.26. The zero-order valence-corrected chi connectivity index (χ0v) is 12.6. The molecule has 0 saturated heterocycles. The first-order valence-electron chi connectivity index (χ1n) is 6.64. The Labute approximate surface area is 125 Å². The van der Waals surface area contributed by atoms with Crippen LogP contribution >= 0.6 is 0 Å². The van der Waals surface area contributed by atoms with E-state index in [2.05, 4.69) is 10.1 Å². The summed E-state index contributed by atoms with van der Waals surface area (Å²) in [7, 11) is -3.52. The number of hydrazine groups is 1. The van der Waals surface area contributed by atoms with Crippen molar-refractivity contribution in [3.8, 4) is 0 Å². The molecule has 2 aromatic rings. The molecular weight excluding hydrogens is 286 g/mol. The molecule has 0 aliphatic carbocycles. The van der Waals surface area contributed by atoms with Crippen LogP contribution in [0, 0.1) is 0 Å². The first-order chi connectivity index (χ1) is 10.0. The van der Waals surface area contributed by atoms with Crippen molar-refractivity contribution in [3.05, 3.63) is 60.2 Å². The number of hydrogen-bond acceptors (Lipinski definition) is 4. The molecule has 1 atom stereocenters. The van der Waals surface area contributed by atoms with Crippen molar-refractivity contribution < 1.29 is 8.42 Å². The number of nitrogen functional groups attached to an aromatic ring is 1. The molecule has 0 radical (unpaired) electrons. The van der Waals surface area contributed by atoms with E-state index in [0.29, 0.717) is 12.1 Å². The van der Waals surface area contributed by atoms with E-state index < -0.39 is 10.0 Å². The molecule has 2 rings (SSSR count). The normalized spacial score (nSPS) is 12.9. The molecule has 0 aliphatic heterocycles. The van der Waals surface area contributed by atoms with E-state index in [4.69, 9.17) is 5.84 Å². The molecule has 5 nitrogen and oxygen atoms in total. The van der Waals surface area contributed by atoms with E-state index >= 15 is 0 Å². The zero-order chi connectivity index (χ0) is 15.3. The fourth-order valence-electron chi connectivity index (χ4n) is 2.07. The number of benzene rings is 2. The summed E-state index contributed by atoms with van der Waals surface area (Å²) >= 11 is 0. The third kappa shape index (κ3) is 4.29. The number of hydrogen-bond donors (Lipinski definition) is 3. The Morgan fingerprint density at radius 3 is 2.24 bits per heavy atom. The topological polar surface area (TPSA) is 84.2 Å². The van der Waals surface area contributed by atoms with Crippen molar-refractivity contribution in [2.75, 3.05) is 5.43 Å². The molecule has 2 aromatic carbocycles. The maximum absolute atomic E-state index is 12.3. The van der Waals surface area contributed by atoms with Gasteiger partial charge in [-0.25, -0.2) is 13.1 Å². The minimum atomic E-state index is -3.52. The first kappa shape index (κ1) is 15.5. The second kappa shape index (κ2) is 6.71. The van der Waals surface area contributed by atoms with Crippen molar-refractivity contribution in [1.82, 2.24) is 4.72 Å². The Morgan fingerprint density at radius 2 is 1.67 bits per heavy atom. The highest BCUT2D eigenvalue weighted by Gasteiger charge is 2.17. The van der Waals surface area contributed by atoms with Crippen molar-refractivity contribution >= 4 is 15.7 Å². The molecule has 1 unspecified atom stereocenters. The van der Waals surface area contributed by atoms with Crippen LogP contribution < -0.4 is 16.0 Å². The molecule has 6 heteroatoms. The molecule has 0 heterocycles. The Balaban J connectivity index is 2.05. The summed E-state index contributed by atoms with van der Waals surface area (Å²) in [5.41, 5.74) is 4.22. The van der Waals surface area contributed by atoms with Gasteiger partial charge in [-0.2, -0.15) is 0 Å². The summed E-state index contributed by atoms with van der Waals surface area (Å²) < 4.78 is 27.2. The minimum Gasteiger partial charge on any atom is -0.324 e. The molecule has 0 amide bonds. The zero-order valence-electron chi connectivity index (χ0n) is 11.8. The predicted octanol–water partition coefficient (Wildman–Crippen LogP) is 1.88. The minimum absolute atomic E-state index is 0.190. The van der Waals surface area contributed by atoms with Gasteiger partial charge in [-0.1, -0.05) is 30.3 Å². The van der Waals surface area contributed by atoms with Gasteiger partial charge >= 0.3 is 0 Å². The van der Waals surface area contributed by atoms with E-state index in [1.54, 1.807) is 12.1 Å². The van der Waals surface area contributed by atoms with Crippen LogP contribution in [0.3, 0.4) is 0 Å². The van der Waals surface area contributed by atoms with Crippen LogP contribution in [0.15, 0.2) is 59.5 Å². The number of nitrogens with one attached hydrogen (secondary N) is 2. The quantitative estimate of drug-likeness (QED) is 0.562. The van der Waals surface area contributed by atoms with E-state index in [1.165, 1.54) is 12.1 Å². The summed E-state index contributed by atoms with van der Waals surface area (Å²) in [6.07, 6.45) is 0.641. The molecule has 0 aromatic heterocycles. The average molecular weight is 305 g/mol. The largest absolute Gasteiger partial charge is 0.324 e. The lowest BCUT2D eigenvalue weighted by molar-refractivity contribution is 0.560. The van der Waals surface area contributed by atoms with Gasteiger partial charge in [0.25, 0.3) is 0 Å². The highest BCUT2D eigenvalue weighted by atomic mass is 32.2. The number of nitrogens with two attached hydrogens (primary N) is 1. The first-order valence-corrected chi connectivity index (χ1v) is 8.12. The third-order valence-electron chi connectivity index (χ3n) is 3.07. The highest BCUT2D eigenvalue weighted by Crippen LogP contribution is 2.14. The highest BCUT2D eigenvalue weighted by molar-refractivity contribution is 7.89. The lowest BCUT2D eigenvalue weighted by atomic mass is 10.1. The number of sulfonamides is 1. The van der Waals surface area contributed by atoms with Crippen LogP contribution in [0.25, 0.3) is 0 Å². The van der Waals surface area contributed by atoms with Gasteiger partial charge in [-0.3, -0.25) is 5.84 Å². The molecule has 0 saturated carbocycles. The summed E-state index contributed by atoms with van der Waals surface area (Å²) in [5, 5.41) is 0. The molecule has 0 aliphatic rings. The van der Waals surface area contributed by atoms with Gasteiger partial charge in [-0.15, -0.1) is 0 Å². The Hall–Kier alpha value is -1.89. The van der Waals surface area contributed by atoms with Gasteiger partial charge in [0, 0.05) is 11.7 Å². The lowest BCUT2D eigenvalue weighted by Gasteiger charge is -2.14. The Bertz CT molecular complexity index is 670. The smallest absolute Gasteiger partial charge is 0.240 e.